The lowest BCUT2D eigenvalue weighted by atomic mass is 10.1. The predicted molar refractivity (Wildman–Crippen MR) is 73.1 cm³/mol. The Morgan fingerprint density at radius 3 is 2.71 bits per heavy atom. The van der Waals surface area contributed by atoms with E-state index in [1.54, 1.807) is 11.3 Å². The number of hydrogen-bond acceptors (Lipinski definition) is 2. The van der Waals surface area contributed by atoms with E-state index in [-0.39, 0.29) is 5.91 Å². The number of amides is 1. The zero-order chi connectivity index (χ0) is 12.3. The third-order valence-electron chi connectivity index (χ3n) is 3.44. The van der Waals surface area contributed by atoms with Gasteiger partial charge in [-0.2, -0.15) is 11.3 Å². The first-order valence-electron chi connectivity index (χ1n) is 6.13. The van der Waals surface area contributed by atoms with Crippen LogP contribution in [0.1, 0.15) is 41.6 Å². The summed E-state index contributed by atoms with van der Waals surface area (Å²) < 4.78 is 0. The summed E-state index contributed by atoms with van der Waals surface area (Å²) in [7, 11) is 0. The topological polar surface area (TPSA) is 20.3 Å². The van der Waals surface area contributed by atoms with Gasteiger partial charge in [-0.15, -0.1) is 11.6 Å². The molecule has 0 atom stereocenters. The number of halogens is 1. The van der Waals surface area contributed by atoms with Gasteiger partial charge in [0.15, 0.2) is 0 Å². The van der Waals surface area contributed by atoms with E-state index in [1.165, 1.54) is 12.8 Å². The Morgan fingerprint density at radius 2 is 2.18 bits per heavy atom. The minimum absolute atomic E-state index is 0.163. The van der Waals surface area contributed by atoms with Gasteiger partial charge in [0.1, 0.15) is 0 Å². The van der Waals surface area contributed by atoms with E-state index in [9.17, 15) is 4.79 Å². The van der Waals surface area contributed by atoms with E-state index in [2.05, 4.69) is 0 Å². The van der Waals surface area contributed by atoms with E-state index in [0.717, 1.165) is 24.0 Å². The van der Waals surface area contributed by atoms with Gasteiger partial charge in [0.25, 0.3) is 5.91 Å². The number of aryl methyl sites for hydroxylation is 1. The molecule has 0 aromatic carbocycles. The van der Waals surface area contributed by atoms with Gasteiger partial charge < -0.3 is 4.90 Å². The number of thiophene rings is 1. The van der Waals surface area contributed by atoms with Gasteiger partial charge >= 0.3 is 0 Å². The van der Waals surface area contributed by atoms with Crippen molar-refractivity contribution < 1.29 is 4.79 Å². The first-order valence-corrected chi connectivity index (χ1v) is 7.61. The highest BCUT2D eigenvalue weighted by molar-refractivity contribution is 7.08. The van der Waals surface area contributed by atoms with Crippen LogP contribution < -0.4 is 0 Å². The molecule has 1 aliphatic rings. The van der Waals surface area contributed by atoms with E-state index < -0.39 is 0 Å². The summed E-state index contributed by atoms with van der Waals surface area (Å²) in [6.07, 6.45) is 4.73. The predicted octanol–water partition coefficient (Wildman–Crippen LogP) is 3.68. The molecule has 4 heteroatoms. The van der Waals surface area contributed by atoms with Crippen molar-refractivity contribution in [3.8, 4) is 0 Å². The summed E-state index contributed by atoms with van der Waals surface area (Å²) in [5, 5.41) is 3.98. The van der Waals surface area contributed by atoms with Crippen LogP contribution in [0.2, 0.25) is 0 Å². The standard InChI is InChI=1S/C13H18ClNOS/c1-10-8-17-9-12(10)13(16)15(7-6-14)11-4-2-3-5-11/h8-9,11H,2-7H2,1H3. The summed E-state index contributed by atoms with van der Waals surface area (Å²) >= 11 is 7.42. The molecule has 0 spiro atoms. The van der Waals surface area contributed by atoms with Gasteiger partial charge in [-0.1, -0.05) is 12.8 Å². The summed E-state index contributed by atoms with van der Waals surface area (Å²) in [6.45, 7) is 2.66. The maximum absolute atomic E-state index is 12.5. The van der Waals surface area contributed by atoms with Crippen LogP contribution in [0.25, 0.3) is 0 Å². The maximum Gasteiger partial charge on any atom is 0.255 e. The van der Waals surface area contributed by atoms with Crippen molar-refractivity contribution in [3.05, 3.63) is 21.9 Å². The lowest BCUT2D eigenvalue weighted by Crippen LogP contribution is -2.40. The Labute approximate surface area is 112 Å². The molecule has 0 unspecified atom stereocenters. The SMILES string of the molecule is Cc1cscc1C(=O)N(CCCl)C1CCCC1. The zero-order valence-corrected chi connectivity index (χ0v) is 11.7. The summed E-state index contributed by atoms with van der Waals surface area (Å²) in [6, 6.07) is 0.403. The highest BCUT2D eigenvalue weighted by Crippen LogP contribution is 2.26. The molecule has 0 saturated heterocycles. The summed E-state index contributed by atoms with van der Waals surface area (Å²) in [5.74, 6) is 0.683. The Morgan fingerprint density at radius 1 is 1.47 bits per heavy atom. The normalized spacial score (nSPS) is 16.4. The Bertz CT molecular complexity index is 385. The molecule has 1 fully saturated rings. The quantitative estimate of drug-likeness (QED) is 0.765. The Balaban J connectivity index is 2.15. The molecular weight excluding hydrogens is 254 g/mol. The second kappa shape index (κ2) is 5.87. The van der Waals surface area contributed by atoms with Gasteiger partial charge in [-0.25, -0.2) is 0 Å². The Hall–Kier alpha value is -0.540. The van der Waals surface area contributed by atoms with Gasteiger partial charge in [0, 0.05) is 23.8 Å². The third kappa shape index (κ3) is 2.83. The van der Waals surface area contributed by atoms with Crippen molar-refractivity contribution in [2.24, 2.45) is 0 Å². The zero-order valence-electron chi connectivity index (χ0n) is 10.1. The molecule has 0 radical (unpaired) electrons. The molecule has 1 heterocycles. The van der Waals surface area contributed by atoms with E-state index in [1.807, 2.05) is 22.6 Å². The average Bonchev–Trinajstić information content (AvgIpc) is 2.95. The monoisotopic (exact) mass is 271 g/mol. The summed E-state index contributed by atoms with van der Waals surface area (Å²) in [4.78, 5) is 14.5. The first kappa shape index (κ1) is 12.9. The van der Waals surface area contributed by atoms with Crippen LogP contribution in [0, 0.1) is 6.92 Å². The molecule has 17 heavy (non-hydrogen) atoms. The van der Waals surface area contributed by atoms with Crippen molar-refractivity contribution in [1.29, 1.82) is 0 Å². The number of carbonyl (C=O) groups excluding carboxylic acids is 1. The van der Waals surface area contributed by atoms with E-state index >= 15 is 0 Å². The van der Waals surface area contributed by atoms with Gasteiger partial charge in [-0.3, -0.25) is 4.79 Å². The second-order valence-electron chi connectivity index (χ2n) is 4.59. The minimum atomic E-state index is 0.163. The van der Waals surface area contributed by atoms with E-state index in [4.69, 9.17) is 11.6 Å². The number of carbonyl (C=O) groups is 1. The minimum Gasteiger partial charge on any atom is -0.334 e. The van der Waals surface area contributed by atoms with Crippen molar-refractivity contribution >= 4 is 28.8 Å². The van der Waals surface area contributed by atoms with Gasteiger partial charge in [0.2, 0.25) is 0 Å². The van der Waals surface area contributed by atoms with Crippen molar-refractivity contribution in [1.82, 2.24) is 4.90 Å². The highest BCUT2D eigenvalue weighted by Gasteiger charge is 2.27. The number of alkyl halides is 1. The van der Waals surface area contributed by atoms with Crippen LogP contribution in [-0.4, -0.2) is 29.3 Å². The lowest BCUT2D eigenvalue weighted by Gasteiger charge is -2.28. The molecule has 94 valence electrons. The number of rotatable bonds is 4. The van der Waals surface area contributed by atoms with Crippen LogP contribution in [0.15, 0.2) is 10.8 Å². The van der Waals surface area contributed by atoms with Crippen LogP contribution in [0.3, 0.4) is 0 Å². The molecule has 1 aromatic rings. The molecule has 1 aliphatic carbocycles. The van der Waals surface area contributed by atoms with Crippen LogP contribution >= 0.6 is 22.9 Å². The fourth-order valence-corrected chi connectivity index (χ4v) is 3.50. The third-order valence-corrected chi connectivity index (χ3v) is 4.47. The molecule has 0 aliphatic heterocycles. The molecule has 2 nitrogen and oxygen atoms in total. The molecule has 2 rings (SSSR count). The fourth-order valence-electron chi connectivity index (χ4n) is 2.49. The summed E-state index contributed by atoms with van der Waals surface area (Å²) in [5.41, 5.74) is 1.93. The molecule has 0 N–H and O–H groups in total. The van der Waals surface area contributed by atoms with Gasteiger partial charge in [-0.05, 0) is 30.7 Å². The van der Waals surface area contributed by atoms with Crippen molar-refractivity contribution in [3.63, 3.8) is 0 Å². The Kier molecular flexibility index (Phi) is 4.46. The highest BCUT2D eigenvalue weighted by atomic mass is 35.5. The molecular formula is C13H18ClNOS. The maximum atomic E-state index is 12.5. The molecule has 0 bridgehead atoms. The smallest absolute Gasteiger partial charge is 0.255 e. The number of nitrogens with zero attached hydrogens (tertiary/aromatic N) is 1. The van der Waals surface area contributed by atoms with E-state index in [0.29, 0.717) is 18.5 Å². The second-order valence-corrected chi connectivity index (χ2v) is 5.72. The molecule has 1 saturated carbocycles. The van der Waals surface area contributed by atoms with Gasteiger partial charge in [0.05, 0.1) is 5.56 Å². The van der Waals surface area contributed by atoms with Crippen molar-refractivity contribution in [2.45, 2.75) is 38.6 Å². The average molecular weight is 272 g/mol. The lowest BCUT2D eigenvalue weighted by molar-refractivity contribution is 0.0695. The van der Waals surface area contributed by atoms with Crippen LogP contribution in [0.4, 0.5) is 0 Å². The largest absolute Gasteiger partial charge is 0.334 e. The first-order chi connectivity index (χ1) is 8.24. The van der Waals surface area contributed by atoms with Crippen molar-refractivity contribution in [2.75, 3.05) is 12.4 Å². The van der Waals surface area contributed by atoms with Crippen LogP contribution in [-0.2, 0) is 0 Å². The van der Waals surface area contributed by atoms with Crippen LogP contribution in [0.5, 0.6) is 0 Å². The molecule has 1 amide bonds. The molecule has 1 aromatic heterocycles. The fraction of sp³-hybridized carbons (Fsp3) is 0.615. The number of hydrogen-bond donors (Lipinski definition) is 0.